The Hall–Kier alpha value is -2.25. The lowest BCUT2D eigenvalue weighted by atomic mass is 9.84. The Morgan fingerprint density at radius 2 is 1.86 bits per heavy atom. The fraction of sp³-hybridized carbons (Fsp3) is 0.409. The number of carbonyl (C=O) groups is 1. The van der Waals surface area contributed by atoms with Crippen molar-refractivity contribution in [3.05, 3.63) is 59.9 Å². The quantitative estimate of drug-likeness (QED) is 0.742. The van der Waals surface area contributed by atoms with Gasteiger partial charge >= 0.3 is 0 Å². The van der Waals surface area contributed by atoms with Crippen LogP contribution in [0.1, 0.15) is 43.0 Å². The maximum atomic E-state index is 13.3. The highest BCUT2D eigenvalue weighted by atomic mass is 32.2. The van der Waals surface area contributed by atoms with E-state index in [2.05, 4.69) is 10.0 Å². The molecule has 2 bridgehead atoms. The minimum Gasteiger partial charge on any atom is -0.322 e. The van der Waals surface area contributed by atoms with E-state index in [0.29, 0.717) is 17.5 Å². The Kier molecular flexibility index (Phi) is 5.44. The predicted octanol–water partition coefficient (Wildman–Crippen LogP) is 4.18. The van der Waals surface area contributed by atoms with Gasteiger partial charge in [-0.15, -0.1) is 0 Å². The summed E-state index contributed by atoms with van der Waals surface area (Å²) in [6.07, 6.45) is 4.83. The Labute approximate surface area is 170 Å². The van der Waals surface area contributed by atoms with E-state index < -0.39 is 21.7 Å². The van der Waals surface area contributed by atoms with Gasteiger partial charge in [0.15, 0.2) is 0 Å². The molecular weight excluding hydrogens is 391 g/mol. The standard InChI is InChI=1S/C22H25FN2O3S/c1-14(21-12-15-5-6-16(21)11-15)25-29(27,28)20-9-7-19(8-10-20)24-22(26)17-3-2-4-18(23)13-17/h2-4,7-10,13-16,21,25H,5-6,11-12H2,1H3,(H,24,26). The highest BCUT2D eigenvalue weighted by molar-refractivity contribution is 7.89. The van der Waals surface area contributed by atoms with E-state index in [1.807, 2.05) is 6.92 Å². The first-order chi connectivity index (χ1) is 13.8. The number of benzene rings is 2. The van der Waals surface area contributed by atoms with Crippen LogP contribution in [0.5, 0.6) is 0 Å². The number of halogens is 1. The summed E-state index contributed by atoms with van der Waals surface area (Å²) in [6, 6.07) is 11.3. The molecule has 2 aromatic rings. The van der Waals surface area contributed by atoms with Gasteiger partial charge in [0.2, 0.25) is 10.0 Å². The van der Waals surface area contributed by atoms with E-state index in [1.54, 1.807) is 0 Å². The average molecular weight is 417 g/mol. The number of rotatable bonds is 6. The third-order valence-electron chi connectivity index (χ3n) is 6.29. The van der Waals surface area contributed by atoms with E-state index >= 15 is 0 Å². The summed E-state index contributed by atoms with van der Waals surface area (Å²) >= 11 is 0. The number of carbonyl (C=O) groups excluding carboxylic acids is 1. The minimum absolute atomic E-state index is 0.0948. The number of sulfonamides is 1. The molecule has 4 rings (SSSR count). The molecule has 2 saturated carbocycles. The van der Waals surface area contributed by atoms with Crippen LogP contribution in [0, 0.1) is 23.6 Å². The molecule has 0 aliphatic heterocycles. The summed E-state index contributed by atoms with van der Waals surface area (Å²) in [5, 5.41) is 2.65. The SMILES string of the molecule is CC(NS(=O)(=O)c1ccc(NC(=O)c2cccc(F)c2)cc1)C1CC2CCC1C2. The second kappa shape index (κ2) is 7.88. The van der Waals surface area contributed by atoms with Gasteiger partial charge in [-0.1, -0.05) is 12.5 Å². The molecule has 0 radical (unpaired) electrons. The topological polar surface area (TPSA) is 75.3 Å². The molecule has 0 heterocycles. The number of hydrogen-bond acceptors (Lipinski definition) is 3. The van der Waals surface area contributed by atoms with Crippen LogP contribution >= 0.6 is 0 Å². The molecule has 7 heteroatoms. The lowest BCUT2D eigenvalue weighted by Gasteiger charge is -2.28. The van der Waals surface area contributed by atoms with Crippen molar-refractivity contribution in [2.75, 3.05) is 5.32 Å². The van der Waals surface area contributed by atoms with Crippen molar-refractivity contribution in [2.45, 2.75) is 43.5 Å². The summed E-state index contributed by atoms with van der Waals surface area (Å²) in [6.45, 7) is 1.95. The molecule has 0 spiro atoms. The molecule has 29 heavy (non-hydrogen) atoms. The molecule has 0 aromatic heterocycles. The van der Waals surface area contributed by atoms with E-state index in [4.69, 9.17) is 0 Å². The molecular formula is C22H25FN2O3S. The van der Waals surface area contributed by atoms with Crippen LogP contribution in [0.2, 0.25) is 0 Å². The summed E-state index contributed by atoms with van der Waals surface area (Å²) in [4.78, 5) is 12.4. The molecule has 2 N–H and O–H groups in total. The normalized spacial score (nSPS) is 24.4. The van der Waals surface area contributed by atoms with Gasteiger partial charge in [-0.05, 0) is 86.4 Å². The monoisotopic (exact) mass is 416 g/mol. The van der Waals surface area contributed by atoms with E-state index in [0.717, 1.165) is 18.4 Å². The predicted molar refractivity (Wildman–Crippen MR) is 110 cm³/mol. The summed E-state index contributed by atoms with van der Waals surface area (Å²) in [5.74, 6) is 0.863. The van der Waals surface area contributed by atoms with E-state index in [9.17, 15) is 17.6 Å². The zero-order valence-corrected chi connectivity index (χ0v) is 17.1. The Balaban J connectivity index is 1.40. The Morgan fingerprint density at radius 1 is 1.10 bits per heavy atom. The maximum Gasteiger partial charge on any atom is 0.255 e. The number of nitrogens with one attached hydrogen (secondary N) is 2. The van der Waals surface area contributed by atoms with Gasteiger partial charge in [-0.2, -0.15) is 0 Å². The van der Waals surface area contributed by atoms with Gasteiger partial charge in [0.05, 0.1) is 4.90 Å². The average Bonchev–Trinajstić information content (AvgIpc) is 3.32. The third-order valence-corrected chi connectivity index (χ3v) is 7.86. The number of anilines is 1. The van der Waals surface area contributed by atoms with Crippen LogP contribution in [-0.2, 0) is 10.0 Å². The number of fused-ring (bicyclic) bond motifs is 2. The molecule has 4 atom stereocenters. The molecule has 2 aliphatic rings. The first kappa shape index (κ1) is 20.0. The first-order valence-corrected chi connectivity index (χ1v) is 11.5. The van der Waals surface area contributed by atoms with Crippen LogP contribution in [0.3, 0.4) is 0 Å². The molecule has 154 valence electrons. The van der Waals surface area contributed by atoms with Crippen LogP contribution in [0.15, 0.2) is 53.4 Å². The van der Waals surface area contributed by atoms with E-state index in [1.165, 1.54) is 61.7 Å². The molecule has 4 unspecified atom stereocenters. The number of amides is 1. The molecule has 2 aromatic carbocycles. The highest BCUT2D eigenvalue weighted by Gasteiger charge is 2.42. The van der Waals surface area contributed by atoms with Gasteiger partial charge in [-0.25, -0.2) is 17.5 Å². The van der Waals surface area contributed by atoms with Crippen LogP contribution in [0.25, 0.3) is 0 Å². The molecule has 1 amide bonds. The van der Waals surface area contributed by atoms with Crippen molar-refractivity contribution in [3.63, 3.8) is 0 Å². The zero-order valence-electron chi connectivity index (χ0n) is 16.3. The van der Waals surface area contributed by atoms with Crippen molar-refractivity contribution >= 4 is 21.6 Å². The zero-order chi connectivity index (χ0) is 20.6. The molecule has 2 fully saturated rings. The highest BCUT2D eigenvalue weighted by Crippen LogP contribution is 2.49. The largest absolute Gasteiger partial charge is 0.322 e. The summed E-state index contributed by atoms with van der Waals surface area (Å²) < 4.78 is 41.6. The summed E-state index contributed by atoms with van der Waals surface area (Å²) in [5.41, 5.74) is 0.641. The van der Waals surface area contributed by atoms with Crippen LogP contribution in [-0.4, -0.2) is 20.4 Å². The van der Waals surface area contributed by atoms with Crippen molar-refractivity contribution in [2.24, 2.45) is 17.8 Å². The number of hydrogen-bond donors (Lipinski definition) is 2. The van der Waals surface area contributed by atoms with Gasteiger partial charge in [0, 0.05) is 17.3 Å². The van der Waals surface area contributed by atoms with Crippen molar-refractivity contribution in [1.82, 2.24) is 4.72 Å². The lowest BCUT2D eigenvalue weighted by Crippen LogP contribution is -2.40. The minimum atomic E-state index is -3.63. The van der Waals surface area contributed by atoms with Crippen molar-refractivity contribution in [1.29, 1.82) is 0 Å². The van der Waals surface area contributed by atoms with Gasteiger partial charge in [-0.3, -0.25) is 4.79 Å². The van der Waals surface area contributed by atoms with Crippen LogP contribution < -0.4 is 10.0 Å². The fourth-order valence-electron chi connectivity index (χ4n) is 4.86. The maximum absolute atomic E-state index is 13.3. The summed E-state index contributed by atoms with van der Waals surface area (Å²) in [7, 11) is -3.63. The lowest BCUT2D eigenvalue weighted by molar-refractivity contribution is 0.102. The van der Waals surface area contributed by atoms with Crippen molar-refractivity contribution in [3.8, 4) is 0 Å². The van der Waals surface area contributed by atoms with Gasteiger partial charge in [0.1, 0.15) is 5.82 Å². The first-order valence-electron chi connectivity index (χ1n) is 10.0. The smallest absolute Gasteiger partial charge is 0.255 e. The van der Waals surface area contributed by atoms with Gasteiger partial charge < -0.3 is 5.32 Å². The molecule has 0 saturated heterocycles. The fourth-order valence-corrected chi connectivity index (χ4v) is 6.15. The van der Waals surface area contributed by atoms with E-state index in [-0.39, 0.29) is 16.5 Å². The molecule has 5 nitrogen and oxygen atoms in total. The Bertz CT molecular complexity index is 1010. The molecule has 2 aliphatic carbocycles. The van der Waals surface area contributed by atoms with Crippen molar-refractivity contribution < 1.29 is 17.6 Å². The second-order valence-corrected chi connectivity index (χ2v) is 9.95. The second-order valence-electron chi connectivity index (χ2n) is 8.24. The Morgan fingerprint density at radius 3 is 2.48 bits per heavy atom. The van der Waals surface area contributed by atoms with Crippen LogP contribution in [0.4, 0.5) is 10.1 Å². The van der Waals surface area contributed by atoms with Gasteiger partial charge in [0.25, 0.3) is 5.91 Å². The third kappa shape index (κ3) is 4.36.